The quantitative estimate of drug-likeness (QED) is 0.429. The number of hydrogen-bond donors (Lipinski definition) is 2. The van der Waals surface area contributed by atoms with Crippen molar-refractivity contribution < 1.29 is 9.26 Å². The van der Waals surface area contributed by atoms with Gasteiger partial charge in [0.15, 0.2) is 11.5 Å². The van der Waals surface area contributed by atoms with Gasteiger partial charge in [0.1, 0.15) is 5.52 Å². The third kappa shape index (κ3) is 4.90. The van der Waals surface area contributed by atoms with Gasteiger partial charge in [0, 0.05) is 19.1 Å². The number of rotatable bonds is 7. The smallest absolute Gasteiger partial charge is 0.374 e. The lowest BCUT2D eigenvalue weighted by atomic mass is 9.80. The molecule has 11 nitrogen and oxygen atoms in total. The maximum Gasteiger partial charge on any atom is 0.439 e. The highest BCUT2D eigenvalue weighted by molar-refractivity contribution is 5.87. The zero-order chi connectivity index (χ0) is 27.2. The lowest BCUT2D eigenvalue weighted by Crippen LogP contribution is -2.53. The maximum atomic E-state index is 11.8. The van der Waals surface area contributed by atoms with Gasteiger partial charge in [-0.25, -0.2) is 14.8 Å². The Morgan fingerprint density at radius 2 is 1.85 bits per heavy atom. The maximum absolute atomic E-state index is 11.8. The van der Waals surface area contributed by atoms with Crippen LogP contribution in [0, 0.1) is 17.8 Å². The van der Waals surface area contributed by atoms with Crippen molar-refractivity contribution in [2.45, 2.75) is 109 Å². The van der Waals surface area contributed by atoms with Crippen LogP contribution in [0.3, 0.4) is 0 Å². The van der Waals surface area contributed by atoms with Crippen molar-refractivity contribution in [3.8, 4) is 11.6 Å². The summed E-state index contributed by atoms with van der Waals surface area (Å²) in [6, 6.07) is 0.596. The summed E-state index contributed by atoms with van der Waals surface area (Å²) in [4.78, 5) is 31.9. The Morgan fingerprint density at radius 1 is 1.02 bits per heavy atom. The van der Waals surface area contributed by atoms with Crippen molar-refractivity contribution in [2.75, 3.05) is 23.4 Å². The zero-order valence-electron chi connectivity index (χ0n) is 23.8. The fourth-order valence-electron chi connectivity index (χ4n) is 7.34. The number of H-pyrrole nitrogens is 1. The molecule has 4 heterocycles. The molecule has 3 aromatic rings. The molecule has 0 bridgehead atoms. The van der Waals surface area contributed by atoms with Gasteiger partial charge < -0.3 is 19.5 Å². The second-order valence-electron chi connectivity index (χ2n) is 12.7. The number of morpholine rings is 1. The van der Waals surface area contributed by atoms with Crippen molar-refractivity contribution >= 4 is 22.9 Å². The predicted octanol–water partition coefficient (Wildman–Crippen LogP) is 4.74. The number of fused-ring (bicyclic) bond motifs is 2. The van der Waals surface area contributed by atoms with E-state index in [1.807, 2.05) is 0 Å². The summed E-state index contributed by atoms with van der Waals surface area (Å²) in [5, 5.41) is 7.65. The minimum Gasteiger partial charge on any atom is -0.374 e. The average molecular weight is 551 g/mol. The molecule has 216 valence electrons. The van der Waals surface area contributed by atoms with Gasteiger partial charge in [-0.1, -0.05) is 44.2 Å². The van der Waals surface area contributed by atoms with Crippen LogP contribution in [0.2, 0.25) is 0 Å². The van der Waals surface area contributed by atoms with Gasteiger partial charge in [0.2, 0.25) is 17.6 Å². The number of nitrogens with zero attached hydrogens (tertiary/aromatic N) is 6. The van der Waals surface area contributed by atoms with E-state index in [2.05, 4.69) is 38.8 Å². The average Bonchev–Trinajstić information content (AvgIpc) is 3.52. The van der Waals surface area contributed by atoms with Gasteiger partial charge in [0.05, 0.1) is 18.8 Å². The Labute approximate surface area is 234 Å². The topological polar surface area (TPSA) is 127 Å². The first-order valence-electron chi connectivity index (χ1n) is 15.5. The molecular weight excluding hydrogens is 508 g/mol. The first kappa shape index (κ1) is 26.0. The van der Waals surface area contributed by atoms with Gasteiger partial charge in [-0.3, -0.25) is 9.51 Å². The fraction of sp³-hybridized carbons (Fsp3) is 0.759. The largest absolute Gasteiger partial charge is 0.439 e. The second-order valence-corrected chi connectivity index (χ2v) is 12.7. The van der Waals surface area contributed by atoms with E-state index in [0.29, 0.717) is 36.0 Å². The van der Waals surface area contributed by atoms with Crippen molar-refractivity contribution in [1.82, 2.24) is 29.7 Å². The van der Waals surface area contributed by atoms with Crippen LogP contribution in [0.5, 0.6) is 0 Å². The van der Waals surface area contributed by atoms with Gasteiger partial charge in [-0.05, 0) is 63.2 Å². The Kier molecular flexibility index (Phi) is 7.01. The van der Waals surface area contributed by atoms with Gasteiger partial charge in [-0.2, -0.15) is 4.98 Å². The fourth-order valence-corrected chi connectivity index (χ4v) is 7.34. The molecule has 0 amide bonds. The summed E-state index contributed by atoms with van der Waals surface area (Å²) in [5.74, 6) is 3.69. The van der Waals surface area contributed by atoms with Crippen LogP contribution < -0.4 is 16.0 Å². The molecule has 7 rings (SSSR count). The van der Waals surface area contributed by atoms with Crippen LogP contribution in [0.25, 0.3) is 22.8 Å². The van der Waals surface area contributed by atoms with E-state index in [4.69, 9.17) is 24.2 Å². The summed E-state index contributed by atoms with van der Waals surface area (Å²) in [6.07, 6.45) is 13.7. The number of nitrogens with one attached hydrogen (secondary N) is 2. The molecule has 0 aromatic carbocycles. The highest BCUT2D eigenvalue weighted by atomic mass is 16.5. The van der Waals surface area contributed by atoms with Crippen LogP contribution in [-0.4, -0.2) is 61.0 Å². The summed E-state index contributed by atoms with van der Waals surface area (Å²) in [6.45, 7) is 7.06. The number of aromatic amines is 1. The number of imidazole rings is 1. The zero-order valence-corrected chi connectivity index (χ0v) is 23.8. The highest BCUT2D eigenvalue weighted by Crippen LogP contribution is 2.38. The molecule has 3 aromatic heterocycles. The minimum atomic E-state index is -0.620. The molecule has 1 aliphatic heterocycles. The van der Waals surface area contributed by atoms with E-state index in [1.54, 1.807) is 0 Å². The molecule has 0 radical (unpaired) electrons. The van der Waals surface area contributed by atoms with E-state index in [0.717, 1.165) is 49.1 Å². The van der Waals surface area contributed by atoms with Crippen LogP contribution in [0.15, 0.2) is 9.32 Å². The molecule has 0 spiro atoms. The first-order valence-corrected chi connectivity index (χ1v) is 15.5. The van der Waals surface area contributed by atoms with E-state index in [9.17, 15) is 4.79 Å². The van der Waals surface area contributed by atoms with Crippen LogP contribution >= 0.6 is 0 Å². The van der Waals surface area contributed by atoms with Gasteiger partial charge in [-0.15, -0.1) is 0 Å². The molecule has 2 N–H and O–H groups in total. The second kappa shape index (κ2) is 10.8. The summed E-state index contributed by atoms with van der Waals surface area (Å²) in [7, 11) is 0. The van der Waals surface area contributed by atoms with Crippen LogP contribution in [-0.2, 0) is 11.3 Å². The molecule has 0 unspecified atom stereocenters. The molecular formula is C29H42N8O3. The minimum absolute atomic E-state index is 0.224. The Bertz CT molecular complexity index is 1380. The third-order valence-corrected chi connectivity index (χ3v) is 10.0. The molecule has 3 aliphatic carbocycles. The van der Waals surface area contributed by atoms with Gasteiger partial charge in [0.25, 0.3) is 0 Å². The van der Waals surface area contributed by atoms with E-state index < -0.39 is 5.76 Å². The van der Waals surface area contributed by atoms with Crippen molar-refractivity contribution in [1.29, 1.82) is 0 Å². The van der Waals surface area contributed by atoms with E-state index in [-0.39, 0.29) is 18.0 Å². The molecule has 11 heteroatoms. The first-order chi connectivity index (χ1) is 19.5. The van der Waals surface area contributed by atoms with E-state index >= 15 is 0 Å². The molecule has 40 heavy (non-hydrogen) atoms. The Hall–Kier alpha value is -2.95. The molecule has 1 saturated heterocycles. The van der Waals surface area contributed by atoms with Crippen LogP contribution in [0.4, 0.5) is 11.8 Å². The Balaban J connectivity index is 1.36. The highest BCUT2D eigenvalue weighted by Gasteiger charge is 2.38. The number of aromatic nitrogens is 6. The summed E-state index contributed by atoms with van der Waals surface area (Å²) < 4.78 is 13.5. The molecule has 4 aliphatic rings. The Morgan fingerprint density at radius 3 is 2.60 bits per heavy atom. The standard InChI is InChI=1S/C29H42N8O3/c1-17-10-12-19(13-11-17)16-37-23-24(30-18(2)20-6-5-7-20)31-26(27-34-29(38)40-35-27)32-25(23)33-28(37)36-14-15-39-22-9-4-3-8-21(22)36/h17-22H,3-16H2,1-2H3,(H,30,31,32)(H,34,35,38)/t17-,18-,19-,21+,22-/m1/s1. The number of ether oxygens (including phenoxy) is 1. The summed E-state index contributed by atoms with van der Waals surface area (Å²) >= 11 is 0. The predicted molar refractivity (Wildman–Crippen MR) is 152 cm³/mol. The van der Waals surface area contributed by atoms with Crippen molar-refractivity contribution in [2.24, 2.45) is 17.8 Å². The number of anilines is 2. The molecule has 3 saturated carbocycles. The molecule has 3 atom stereocenters. The molecule has 4 fully saturated rings. The van der Waals surface area contributed by atoms with Crippen molar-refractivity contribution in [3.63, 3.8) is 0 Å². The monoisotopic (exact) mass is 550 g/mol. The van der Waals surface area contributed by atoms with Crippen LogP contribution in [0.1, 0.15) is 84.5 Å². The van der Waals surface area contributed by atoms with Crippen molar-refractivity contribution in [3.05, 3.63) is 10.6 Å². The lowest BCUT2D eigenvalue weighted by molar-refractivity contribution is -0.00958. The number of hydrogen-bond acceptors (Lipinski definition) is 9. The normalized spacial score (nSPS) is 28.3. The SMILES string of the molecule is C[C@@H](Nc1nc(-c2noc(=O)[nH]2)nc2nc(N3CCO[C@@H]4CCCC[C@@H]43)n(C[C@H]3CC[C@H](C)CC3)c12)C1CCC1. The summed E-state index contributed by atoms with van der Waals surface area (Å²) in [5.41, 5.74) is 1.59. The lowest BCUT2D eigenvalue weighted by Gasteiger charge is -2.44. The third-order valence-electron chi connectivity index (χ3n) is 10.0. The van der Waals surface area contributed by atoms with E-state index in [1.165, 1.54) is 57.8 Å². The van der Waals surface area contributed by atoms with Gasteiger partial charge >= 0.3 is 5.76 Å².